The van der Waals surface area contributed by atoms with E-state index < -0.39 is 11.9 Å². The third-order valence-electron chi connectivity index (χ3n) is 4.44. The molecule has 1 heterocycles. The molecule has 0 unspecified atom stereocenters. The Bertz CT molecular complexity index is 770. The van der Waals surface area contributed by atoms with Gasteiger partial charge in [-0.05, 0) is 50.5 Å². The molecule has 24 heavy (non-hydrogen) atoms. The molecule has 0 aliphatic heterocycles. The van der Waals surface area contributed by atoms with Gasteiger partial charge in [0.25, 0.3) is 5.91 Å². The molecule has 0 radical (unpaired) electrons. The summed E-state index contributed by atoms with van der Waals surface area (Å²) >= 11 is 0. The van der Waals surface area contributed by atoms with Gasteiger partial charge < -0.3 is 10.4 Å². The predicted octanol–water partition coefficient (Wildman–Crippen LogP) is 2.30. The van der Waals surface area contributed by atoms with E-state index in [0.29, 0.717) is 36.2 Å². The zero-order chi connectivity index (χ0) is 17.3. The van der Waals surface area contributed by atoms with Gasteiger partial charge >= 0.3 is 5.97 Å². The van der Waals surface area contributed by atoms with Gasteiger partial charge in [-0.15, -0.1) is 0 Å². The topological polar surface area (TPSA) is 84.2 Å². The lowest BCUT2D eigenvalue weighted by molar-refractivity contribution is -0.141. The quantitative estimate of drug-likeness (QED) is 0.900. The highest BCUT2D eigenvalue weighted by Crippen LogP contribution is 2.26. The molecule has 6 nitrogen and oxygen atoms in total. The number of nitrogens with one attached hydrogen (secondary N) is 1. The molecule has 1 aliphatic rings. The number of carboxylic acids is 1. The van der Waals surface area contributed by atoms with Gasteiger partial charge in [-0.25, -0.2) is 9.07 Å². The number of hydrogen-bond donors (Lipinski definition) is 2. The van der Waals surface area contributed by atoms with E-state index in [4.69, 9.17) is 5.11 Å². The molecule has 2 atom stereocenters. The molecule has 0 spiro atoms. The van der Waals surface area contributed by atoms with Crippen molar-refractivity contribution in [2.75, 3.05) is 0 Å². The van der Waals surface area contributed by atoms with Crippen molar-refractivity contribution in [1.29, 1.82) is 0 Å². The van der Waals surface area contributed by atoms with Gasteiger partial charge in [0.2, 0.25) is 0 Å². The number of aliphatic carboxylic acids is 1. The lowest BCUT2D eigenvalue weighted by atomic mass is 10.1. The highest BCUT2D eigenvalue weighted by atomic mass is 19.1. The highest BCUT2D eigenvalue weighted by molar-refractivity contribution is 5.95. The van der Waals surface area contributed by atoms with Crippen molar-refractivity contribution >= 4 is 11.9 Å². The number of amides is 1. The van der Waals surface area contributed by atoms with Crippen molar-refractivity contribution in [3.8, 4) is 5.69 Å². The number of benzene rings is 1. The van der Waals surface area contributed by atoms with E-state index in [9.17, 15) is 14.0 Å². The predicted molar refractivity (Wildman–Crippen MR) is 84.5 cm³/mol. The van der Waals surface area contributed by atoms with E-state index in [2.05, 4.69) is 10.4 Å². The summed E-state index contributed by atoms with van der Waals surface area (Å²) in [5, 5.41) is 16.1. The van der Waals surface area contributed by atoms with Gasteiger partial charge in [-0.1, -0.05) is 0 Å². The Morgan fingerprint density at radius 2 is 2.00 bits per heavy atom. The summed E-state index contributed by atoms with van der Waals surface area (Å²) in [5.74, 6) is -1.81. The summed E-state index contributed by atoms with van der Waals surface area (Å²) in [5.41, 5.74) is 1.74. The van der Waals surface area contributed by atoms with Crippen molar-refractivity contribution in [3.63, 3.8) is 0 Å². The van der Waals surface area contributed by atoms with Crippen LogP contribution in [0.15, 0.2) is 30.5 Å². The minimum absolute atomic E-state index is 0.132. The summed E-state index contributed by atoms with van der Waals surface area (Å²) in [7, 11) is 0. The lowest BCUT2D eigenvalue weighted by Crippen LogP contribution is -2.33. The molecule has 3 rings (SSSR count). The van der Waals surface area contributed by atoms with E-state index >= 15 is 0 Å². The number of carbonyl (C=O) groups is 2. The van der Waals surface area contributed by atoms with Crippen molar-refractivity contribution in [2.24, 2.45) is 5.92 Å². The number of carboxylic acid groups (broad SMARTS) is 1. The molecule has 1 saturated carbocycles. The van der Waals surface area contributed by atoms with Crippen LogP contribution in [0, 0.1) is 18.7 Å². The standard InChI is InChI=1S/C17H18FN3O3/c1-10-15(9-19-21(10)14-6-3-12(18)4-7-14)16(22)20-13-5-2-11(8-13)17(23)24/h3-4,6-7,9,11,13H,2,5,8H2,1H3,(H,20,22)(H,23,24)/t11-,13+/m0/s1. The SMILES string of the molecule is Cc1c(C(=O)N[C@@H]2CC[C@H](C(=O)O)C2)cnn1-c1ccc(F)cc1. The number of halogens is 1. The molecular formula is C17H18FN3O3. The van der Waals surface area contributed by atoms with Crippen molar-refractivity contribution in [3.05, 3.63) is 47.5 Å². The molecule has 0 bridgehead atoms. The van der Waals surface area contributed by atoms with Gasteiger partial charge in [0.15, 0.2) is 0 Å². The zero-order valence-corrected chi connectivity index (χ0v) is 13.2. The molecule has 1 aromatic heterocycles. The maximum absolute atomic E-state index is 13.0. The van der Waals surface area contributed by atoms with Gasteiger partial charge in [-0.3, -0.25) is 9.59 Å². The summed E-state index contributed by atoms with van der Waals surface area (Å²) in [6, 6.07) is 5.71. The molecule has 7 heteroatoms. The fraction of sp³-hybridized carbons (Fsp3) is 0.353. The van der Waals surface area contributed by atoms with Crippen LogP contribution in [0.2, 0.25) is 0 Å². The second-order valence-electron chi connectivity index (χ2n) is 6.05. The van der Waals surface area contributed by atoms with Crippen LogP contribution < -0.4 is 5.32 Å². The normalized spacial score (nSPS) is 20.1. The van der Waals surface area contributed by atoms with Crippen LogP contribution >= 0.6 is 0 Å². The number of hydrogen-bond acceptors (Lipinski definition) is 3. The minimum atomic E-state index is -0.813. The number of nitrogens with zero attached hydrogens (tertiary/aromatic N) is 2. The van der Waals surface area contributed by atoms with E-state index in [0.717, 1.165) is 0 Å². The van der Waals surface area contributed by atoms with Gasteiger partial charge in [-0.2, -0.15) is 5.10 Å². The van der Waals surface area contributed by atoms with Crippen LogP contribution in [0.25, 0.3) is 5.69 Å². The monoisotopic (exact) mass is 331 g/mol. The van der Waals surface area contributed by atoms with Crippen molar-refractivity contribution < 1.29 is 19.1 Å². The number of rotatable bonds is 4. The molecule has 1 aliphatic carbocycles. The fourth-order valence-electron chi connectivity index (χ4n) is 3.08. The van der Waals surface area contributed by atoms with E-state index in [-0.39, 0.29) is 17.8 Å². The van der Waals surface area contributed by atoms with E-state index in [1.54, 1.807) is 23.7 Å². The van der Waals surface area contributed by atoms with Crippen molar-refractivity contribution in [1.82, 2.24) is 15.1 Å². The first-order valence-corrected chi connectivity index (χ1v) is 7.80. The Kier molecular flexibility index (Phi) is 4.33. The van der Waals surface area contributed by atoms with E-state index in [1.165, 1.54) is 18.3 Å². The van der Waals surface area contributed by atoms with Crippen LogP contribution in [0.3, 0.4) is 0 Å². The molecule has 1 fully saturated rings. The summed E-state index contributed by atoms with van der Waals surface area (Å²) in [6.45, 7) is 1.76. The molecule has 2 N–H and O–H groups in total. The first kappa shape index (κ1) is 16.2. The summed E-state index contributed by atoms with van der Waals surface area (Å²) in [4.78, 5) is 23.4. The number of carbonyl (C=O) groups excluding carboxylic acids is 1. The Hall–Kier alpha value is -2.70. The largest absolute Gasteiger partial charge is 0.481 e. The Morgan fingerprint density at radius 1 is 1.29 bits per heavy atom. The number of aromatic nitrogens is 2. The summed E-state index contributed by atoms with van der Waals surface area (Å²) < 4.78 is 14.6. The van der Waals surface area contributed by atoms with Gasteiger partial charge in [0.1, 0.15) is 5.82 Å². The highest BCUT2D eigenvalue weighted by Gasteiger charge is 2.31. The van der Waals surface area contributed by atoms with Crippen LogP contribution in [-0.2, 0) is 4.79 Å². The fourth-order valence-corrected chi connectivity index (χ4v) is 3.08. The Morgan fingerprint density at radius 3 is 2.62 bits per heavy atom. The Balaban J connectivity index is 1.72. The van der Waals surface area contributed by atoms with Crippen LogP contribution in [0.1, 0.15) is 35.3 Å². The second-order valence-corrected chi connectivity index (χ2v) is 6.05. The van der Waals surface area contributed by atoms with Gasteiger partial charge in [0, 0.05) is 6.04 Å². The average Bonchev–Trinajstić information content (AvgIpc) is 3.15. The first-order valence-electron chi connectivity index (χ1n) is 7.80. The lowest BCUT2D eigenvalue weighted by Gasteiger charge is -2.12. The molecule has 2 aromatic rings. The third-order valence-corrected chi connectivity index (χ3v) is 4.44. The average molecular weight is 331 g/mol. The second kappa shape index (κ2) is 6.43. The van der Waals surface area contributed by atoms with Crippen molar-refractivity contribution in [2.45, 2.75) is 32.2 Å². The minimum Gasteiger partial charge on any atom is -0.481 e. The van der Waals surface area contributed by atoms with Crippen LogP contribution in [-0.4, -0.2) is 32.8 Å². The zero-order valence-electron chi connectivity index (χ0n) is 13.2. The third kappa shape index (κ3) is 3.15. The molecule has 126 valence electrons. The first-order chi connectivity index (χ1) is 11.5. The van der Waals surface area contributed by atoms with Crippen LogP contribution in [0.5, 0.6) is 0 Å². The molecular weight excluding hydrogens is 313 g/mol. The molecule has 1 aromatic carbocycles. The van der Waals surface area contributed by atoms with Crippen LogP contribution in [0.4, 0.5) is 4.39 Å². The maximum Gasteiger partial charge on any atom is 0.306 e. The summed E-state index contributed by atoms with van der Waals surface area (Å²) in [6.07, 6.45) is 3.16. The smallest absolute Gasteiger partial charge is 0.306 e. The molecule has 0 saturated heterocycles. The molecule has 1 amide bonds. The Labute approximate surface area is 138 Å². The van der Waals surface area contributed by atoms with Gasteiger partial charge in [0.05, 0.1) is 29.1 Å². The maximum atomic E-state index is 13.0. The van der Waals surface area contributed by atoms with E-state index in [1.807, 2.05) is 0 Å².